The third-order valence-electron chi connectivity index (χ3n) is 5.54. The van der Waals surface area contributed by atoms with Crippen LogP contribution in [0.3, 0.4) is 0 Å². The van der Waals surface area contributed by atoms with Gasteiger partial charge in [0.25, 0.3) is 5.91 Å². The summed E-state index contributed by atoms with van der Waals surface area (Å²) in [6.45, 7) is 2.02. The van der Waals surface area contributed by atoms with Crippen molar-refractivity contribution < 1.29 is 4.79 Å². The molecule has 0 radical (unpaired) electrons. The quantitative estimate of drug-likeness (QED) is 0.463. The van der Waals surface area contributed by atoms with Gasteiger partial charge in [0, 0.05) is 17.8 Å². The van der Waals surface area contributed by atoms with Crippen LogP contribution in [-0.2, 0) is 0 Å². The van der Waals surface area contributed by atoms with Gasteiger partial charge in [0.05, 0.1) is 17.4 Å². The number of para-hydroxylation sites is 1. The van der Waals surface area contributed by atoms with E-state index >= 15 is 0 Å². The van der Waals surface area contributed by atoms with Crippen molar-refractivity contribution in [3.8, 4) is 17.1 Å². The highest BCUT2D eigenvalue weighted by Crippen LogP contribution is 2.35. The number of pyridine rings is 1. The molecule has 154 valence electrons. The van der Waals surface area contributed by atoms with E-state index < -0.39 is 0 Å². The second kappa shape index (κ2) is 8.14. The molecule has 0 bridgehead atoms. The summed E-state index contributed by atoms with van der Waals surface area (Å²) >= 11 is 0. The summed E-state index contributed by atoms with van der Waals surface area (Å²) in [6.07, 6.45) is 3.75. The third-order valence-corrected chi connectivity index (χ3v) is 5.54. The van der Waals surface area contributed by atoms with Crippen LogP contribution in [-0.4, -0.2) is 36.6 Å². The maximum absolute atomic E-state index is 13.6. The Kier molecular flexibility index (Phi) is 5.04. The molecule has 6 heteroatoms. The Bertz CT molecular complexity index is 1110. The molecule has 0 saturated heterocycles. The minimum atomic E-state index is -0.160. The molecule has 0 aliphatic heterocycles. The maximum Gasteiger partial charge on any atom is 0.294 e. The van der Waals surface area contributed by atoms with Crippen molar-refractivity contribution in [1.82, 2.24) is 24.6 Å². The fourth-order valence-corrected chi connectivity index (χ4v) is 3.82. The topological polar surface area (TPSA) is 63.9 Å². The first-order valence-electron chi connectivity index (χ1n) is 10.5. The van der Waals surface area contributed by atoms with Gasteiger partial charge in [-0.05, 0) is 44.0 Å². The molecule has 1 fully saturated rings. The number of hydrogen-bond acceptors (Lipinski definition) is 4. The van der Waals surface area contributed by atoms with E-state index in [1.807, 2.05) is 90.7 Å². The third kappa shape index (κ3) is 3.84. The molecule has 31 heavy (non-hydrogen) atoms. The van der Waals surface area contributed by atoms with Crippen molar-refractivity contribution >= 4 is 5.91 Å². The van der Waals surface area contributed by atoms with E-state index in [1.54, 1.807) is 10.9 Å². The molecular weight excluding hydrogens is 386 g/mol. The van der Waals surface area contributed by atoms with Crippen LogP contribution in [0.1, 0.15) is 42.1 Å². The molecule has 2 heterocycles. The first-order valence-corrected chi connectivity index (χ1v) is 10.5. The average Bonchev–Trinajstić information content (AvgIpc) is 3.56. The van der Waals surface area contributed by atoms with Crippen molar-refractivity contribution in [2.24, 2.45) is 0 Å². The Labute approximate surface area is 181 Å². The molecule has 4 aromatic rings. The monoisotopic (exact) mass is 409 g/mol. The first kappa shape index (κ1) is 19.2. The lowest BCUT2D eigenvalue weighted by atomic mass is 10.1. The molecule has 2 aromatic heterocycles. The zero-order chi connectivity index (χ0) is 21.2. The smallest absolute Gasteiger partial charge is 0.294 e. The van der Waals surface area contributed by atoms with Crippen molar-refractivity contribution in [1.29, 1.82) is 0 Å². The van der Waals surface area contributed by atoms with Gasteiger partial charge in [0.2, 0.25) is 5.82 Å². The Hall–Kier alpha value is -3.80. The highest BCUT2D eigenvalue weighted by atomic mass is 16.2. The largest absolute Gasteiger partial charge is 0.325 e. The molecule has 1 amide bonds. The molecule has 1 aliphatic carbocycles. The summed E-state index contributed by atoms with van der Waals surface area (Å²) in [5, 5.41) is 4.66. The number of aromatic nitrogens is 4. The lowest BCUT2D eigenvalue weighted by molar-refractivity contribution is 0.0657. The lowest BCUT2D eigenvalue weighted by Crippen LogP contribution is -2.36. The summed E-state index contributed by atoms with van der Waals surface area (Å²) in [6, 6.07) is 25.5. The summed E-state index contributed by atoms with van der Waals surface area (Å²) in [4.78, 5) is 24.7. The number of carbonyl (C=O) groups is 1. The second-order valence-electron chi connectivity index (χ2n) is 7.75. The summed E-state index contributed by atoms with van der Waals surface area (Å²) in [5.74, 6) is 0.696. The maximum atomic E-state index is 13.6. The Balaban J connectivity index is 1.56. The Morgan fingerprint density at radius 1 is 0.968 bits per heavy atom. The number of nitrogens with zero attached hydrogens (tertiary/aromatic N) is 5. The minimum absolute atomic E-state index is 0.148. The fraction of sp³-hybridized carbons (Fsp3) is 0.200. The number of hydrogen-bond donors (Lipinski definition) is 0. The van der Waals surface area contributed by atoms with Crippen LogP contribution >= 0.6 is 0 Å². The molecule has 1 aliphatic rings. The van der Waals surface area contributed by atoms with E-state index in [4.69, 9.17) is 4.98 Å². The van der Waals surface area contributed by atoms with Crippen LogP contribution in [0.25, 0.3) is 17.1 Å². The van der Waals surface area contributed by atoms with Crippen LogP contribution in [0.15, 0.2) is 85.1 Å². The molecule has 1 atom stereocenters. The summed E-state index contributed by atoms with van der Waals surface area (Å²) in [5.41, 5.74) is 2.64. The zero-order valence-corrected chi connectivity index (χ0v) is 17.3. The van der Waals surface area contributed by atoms with Crippen molar-refractivity contribution in [2.75, 3.05) is 0 Å². The minimum Gasteiger partial charge on any atom is -0.325 e. The van der Waals surface area contributed by atoms with Gasteiger partial charge in [-0.25, -0.2) is 9.67 Å². The van der Waals surface area contributed by atoms with Crippen molar-refractivity contribution in [3.05, 3.63) is 96.6 Å². The molecule has 2 aromatic carbocycles. The van der Waals surface area contributed by atoms with Gasteiger partial charge >= 0.3 is 0 Å². The summed E-state index contributed by atoms with van der Waals surface area (Å²) < 4.78 is 1.75. The van der Waals surface area contributed by atoms with Gasteiger partial charge in [0.15, 0.2) is 5.82 Å². The molecule has 6 nitrogen and oxygen atoms in total. The van der Waals surface area contributed by atoms with Crippen LogP contribution in [0, 0.1) is 0 Å². The number of rotatable bonds is 6. The first-order chi connectivity index (χ1) is 15.2. The number of amides is 1. The Morgan fingerprint density at radius 2 is 1.65 bits per heavy atom. The van der Waals surface area contributed by atoms with E-state index in [2.05, 4.69) is 10.1 Å². The normalized spacial score (nSPS) is 14.2. The van der Waals surface area contributed by atoms with E-state index in [-0.39, 0.29) is 23.8 Å². The molecular formula is C25H23N5O. The molecule has 1 saturated carbocycles. The predicted octanol–water partition coefficient (Wildman–Crippen LogP) is 4.70. The van der Waals surface area contributed by atoms with Crippen LogP contribution in [0.4, 0.5) is 0 Å². The van der Waals surface area contributed by atoms with Crippen LogP contribution < -0.4 is 0 Å². The summed E-state index contributed by atoms with van der Waals surface area (Å²) in [7, 11) is 0. The van der Waals surface area contributed by atoms with Gasteiger partial charge in [-0.3, -0.25) is 9.78 Å². The second-order valence-corrected chi connectivity index (χ2v) is 7.75. The average molecular weight is 409 g/mol. The van der Waals surface area contributed by atoms with Gasteiger partial charge in [-0.15, -0.1) is 5.10 Å². The highest BCUT2D eigenvalue weighted by Gasteiger charge is 2.39. The highest BCUT2D eigenvalue weighted by molar-refractivity contribution is 5.92. The molecule has 1 unspecified atom stereocenters. The van der Waals surface area contributed by atoms with Crippen LogP contribution in [0.2, 0.25) is 0 Å². The zero-order valence-electron chi connectivity index (χ0n) is 17.3. The van der Waals surface area contributed by atoms with Crippen molar-refractivity contribution in [2.45, 2.75) is 31.8 Å². The number of carbonyl (C=O) groups excluding carboxylic acids is 1. The van der Waals surface area contributed by atoms with E-state index in [9.17, 15) is 4.79 Å². The standard InChI is InChI=1S/C25H23N5O/c1-18(22-14-8-9-17-26-22)29(20-15-16-20)25(31)23-27-24(19-10-4-2-5-11-19)30(28-23)21-12-6-3-7-13-21/h2-14,17-18,20H,15-16H2,1H3. The lowest BCUT2D eigenvalue weighted by Gasteiger charge is -2.27. The molecule has 0 spiro atoms. The predicted molar refractivity (Wildman–Crippen MR) is 119 cm³/mol. The van der Waals surface area contributed by atoms with Gasteiger partial charge in [-0.2, -0.15) is 0 Å². The van der Waals surface area contributed by atoms with Crippen molar-refractivity contribution in [3.63, 3.8) is 0 Å². The molecule has 0 N–H and O–H groups in total. The van der Waals surface area contributed by atoms with E-state index in [0.29, 0.717) is 5.82 Å². The number of benzene rings is 2. The van der Waals surface area contributed by atoms with Gasteiger partial charge in [0.1, 0.15) is 0 Å². The fourth-order valence-electron chi connectivity index (χ4n) is 3.82. The van der Waals surface area contributed by atoms with E-state index in [0.717, 1.165) is 29.8 Å². The van der Waals surface area contributed by atoms with Crippen LogP contribution in [0.5, 0.6) is 0 Å². The van der Waals surface area contributed by atoms with Gasteiger partial charge < -0.3 is 4.90 Å². The van der Waals surface area contributed by atoms with Gasteiger partial charge in [-0.1, -0.05) is 54.6 Å². The van der Waals surface area contributed by atoms with E-state index in [1.165, 1.54) is 0 Å². The Morgan fingerprint density at radius 3 is 2.29 bits per heavy atom. The SMILES string of the molecule is CC(c1ccccn1)N(C(=O)c1nc(-c2ccccc2)n(-c2ccccc2)n1)C1CC1. The molecule has 5 rings (SSSR count).